The predicted octanol–water partition coefficient (Wildman–Crippen LogP) is 6.33. The molecular weight excluding hydrogens is 516 g/mol. The Morgan fingerprint density at radius 2 is 0.878 bits per heavy atom. The summed E-state index contributed by atoms with van der Waals surface area (Å²) in [6.45, 7) is 1.97. The molecule has 1 heterocycles. The van der Waals surface area contributed by atoms with Gasteiger partial charge in [-0.05, 0) is 22.3 Å². The largest absolute Gasteiger partial charge is 0.374 e. The summed E-state index contributed by atoms with van der Waals surface area (Å²) in [6.07, 6.45) is -2.59. The summed E-state index contributed by atoms with van der Waals surface area (Å²) in [5, 5.41) is 0. The van der Waals surface area contributed by atoms with Gasteiger partial charge in [0, 0.05) is 7.11 Å². The fourth-order valence-corrected chi connectivity index (χ4v) is 4.94. The lowest BCUT2D eigenvalue weighted by Gasteiger charge is -2.45. The molecule has 1 aliphatic rings. The minimum atomic E-state index is -0.665. The van der Waals surface area contributed by atoms with Gasteiger partial charge in [-0.3, -0.25) is 0 Å². The van der Waals surface area contributed by atoms with Crippen LogP contribution in [0, 0.1) is 0 Å². The van der Waals surface area contributed by atoms with Crippen molar-refractivity contribution in [2.24, 2.45) is 0 Å². The quantitative estimate of drug-likeness (QED) is 0.182. The van der Waals surface area contributed by atoms with Crippen molar-refractivity contribution < 1.29 is 28.4 Å². The number of rotatable bonds is 14. The Balaban J connectivity index is 1.38. The van der Waals surface area contributed by atoms with E-state index in [4.69, 9.17) is 28.4 Å². The van der Waals surface area contributed by atoms with E-state index in [0.717, 1.165) is 22.3 Å². The van der Waals surface area contributed by atoms with Crippen LogP contribution in [0.3, 0.4) is 0 Å². The van der Waals surface area contributed by atoms with Gasteiger partial charge < -0.3 is 28.4 Å². The molecular formula is C35H38O6. The van der Waals surface area contributed by atoms with Crippen LogP contribution in [-0.4, -0.2) is 44.4 Å². The Bertz CT molecular complexity index is 1260. The SMILES string of the molecule is CO[C@@H]1O[C@@H](COCc2ccccc2)[C@H](OCc2ccccc2)[C@@H](OCc2ccccc2)[C@H]1OCc1ccccc1. The average molecular weight is 555 g/mol. The zero-order chi connectivity index (χ0) is 28.1. The predicted molar refractivity (Wildman–Crippen MR) is 157 cm³/mol. The van der Waals surface area contributed by atoms with E-state index in [1.165, 1.54) is 0 Å². The van der Waals surface area contributed by atoms with Crippen molar-refractivity contribution in [3.05, 3.63) is 144 Å². The van der Waals surface area contributed by atoms with E-state index in [1.54, 1.807) is 7.11 Å². The molecule has 0 aromatic heterocycles. The van der Waals surface area contributed by atoms with Crippen LogP contribution in [0.5, 0.6) is 0 Å². The van der Waals surface area contributed by atoms with Gasteiger partial charge in [0.2, 0.25) is 0 Å². The number of methoxy groups -OCH3 is 1. The van der Waals surface area contributed by atoms with E-state index in [2.05, 4.69) is 0 Å². The molecule has 0 amide bonds. The second-order valence-electron chi connectivity index (χ2n) is 10.1. The fourth-order valence-electron chi connectivity index (χ4n) is 4.94. The Morgan fingerprint density at radius 3 is 1.32 bits per heavy atom. The first kappa shape index (κ1) is 29.1. The molecule has 0 aliphatic carbocycles. The van der Waals surface area contributed by atoms with Gasteiger partial charge in [-0.2, -0.15) is 0 Å². The molecule has 41 heavy (non-hydrogen) atoms. The lowest BCUT2D eigenvalue weighted by Crippen LogP contribution is -2.61. The standard InChI is InChI=1S/C35H38O6/c1-36-35-34(40-25-30-20-12-5-13-21-30)33(39-24-29-18-10-4-11-19-29)32(38-23-28-16-8-3-9-17-28)31(41-35)26-37-22-27-14-6-2-7-15-27/h2-21,31-35H,22-26H2,1H3/t31-,32-,33+,34+,35+/m0/s1. The van der Waals surface area contributed by atoms with Crippen LogP contribution in [0.2, 0.25) is 0 Å². The van der Waals surface area contributed by atoms with E-state index in [0.29, 0.717) is 33.0 Å². The second-order valence-corrected chi connectivity index (χ2v) is 10.1. The van der Waals surface area contributed by atoms with Gasteiger partial charge in [0.05, 0.1) is 33.0 Å². The Kier molecular flexibility index (Phi) is 11.1. The lowest BCUT2D eigenvalue weighted by molar-refractivity contribution is -0.323. The Hall–Kier alpha value is -3.36. The molecule has 1 fully saturated rings. The van der Waals surface area contributed by atoms with Crippen LogP contribution in [0.1, 0.15) is 22.3 Å². The van der Waals surface area contributed by atoms with E-state index in [-0.39, 0.29) is 0 Å². The fraction of sp³-hybridized carbons (Fsp3) is 0.314. The maximum atomic E-state index is 6.63. The van der Waals surface area contributed by atoms with Gasteiger partial charge in [-0.15, -0.1) is 0 Å². The highest BCUT2D eigenvalue weighted by Gasteiger charge is 2.48. The van der Waals surface area contributed by atoms with Gasteiger partial charge >= 0.3 is 0 Å². The third-order valence-electron chi connectivity index (χ3n) is 7.07. The van der Waals surface area contributed by atoms with Crippen molar-refractivity contribution in [2.45, 2.75) is 57.1 Å². The van der Waals surface area contributed by atoms with Crippen LogP contribution < -0.4 is 0 Å². The molecule has 214 valence electrons. The molecule has 0 bridgehead atoms. The average Bonchev–Trinajstić information content (AvgIpc) is 3.04. The first-order chi connectivity index (χ1) is 20.3. The summed E-state index contributed by atoms with van der Waals surface area (Å²) >= 11 is 0. The van der Waals surface area contributed by atoms with Crippen molar-refractivity contribution in [1.29, 1.82) is 0 Å². The topological polar surface area (TPSA) is 55.4 Å². The van der Waals surface area contributed by atoms with Gasteiger partial charge in [0.25, 0.3) is 0 Å². The third-order valence-corrected chi connectivity index (χ3v) is 7.07. The molecule has 1 aliphatic heterocycles. The lowest BCUT2D eigenvalue weighted by atomic mass is 9.97. The van der Waals surface area contributed by atoms with Gasteiger partial charge in [-0.1, -0.05) is 121 Å². The summed E-state index contributed by atoms with van der Waals surface area (Å²) in [4.78, 5) is 0. The molecule has 4 aromatic rings. The summed E-state index contributed by atoms with van der Waals surface area (Å²) in [5.41, 5.74) is 4.27. The van der Waals surface area contributed by atoms with Gasteiger partial charge in [-0.25, -0.2) is 0 Å². The molecule has 0 saturated carbocycles. The van der Waals surface area contributed by atoms with Gasteiger partial charge in [0.1, 0.15) is 24.4 Å². The van der Waals surface area contributed by atoms with Crippen molar-refractivity contribution in [3.8, 4) is 0 Å². The highest BCUT2D eigenvalue weighted by molar-refractivity contribution is 5.16. The molecule has 4 aromatic carbocycles. The molecule has 1 saturated heterocycles. The number of ether oxygens (including phenoxy) is 6. The summed E-state index contributed by atoms with van der Waals surface area (Å²) in [5.74, 6) is 0. The summed E-state index contributed by atoms with van der Waals surface area (Å²) in [6, 6.07) is 40.4. The smallest absolute Gasteiger partial charge is 0.186 e. The molecule has 0 radical (unpaired) electrons. The second kappa shape index (κ2) is 15.6. The van der Waals surface area contributed by atoms with Crippen molar-refractivity contribution >= 4 is 0 Å². The Labute approximate surface area is 242 Å². The van der Waals surface area contributed by atoms with Crippen molar-refractivity contribution in [1.82, 2.24) is 0 Å². The maximum absolute atomic E-state index is 6.63. The first-order valence-electron chi connectivity index (χ1n) is 14.1. The van der Waals surface area contributed by atoms with Crippen LogP contribution in [0.15, 0.2) is 121 Å². The molecule has 0 N–H and O–H groups in total. The molecule has 0 spiro atoms. The van der Waals surface area contributed by atoms with Gasteiger partial charge in [0.15, 0.2) is 6.29 Å². The van der Waals surface area contributed by atoms with Crippen LogP contribution in [0.4, 0.5) is 0 Å². The van der Waals surface area contributed by atoms with Crippen molar-refractivity contribution in [2.75, 3.05) is 13.7 Å². The normalized spacial score (nSPS) is 22.4. The molecule has 5 rings (SSSR count). The Morgan fingerprint density at radius 1 is 0.488 bits per heavy atom. The summed E-state index contributed by atoms with van der Waals surface area (Å²) in [7, 11) is 1.63. The van der Waals surface area contributed by atoms with Crippen LogP contribution >= 0.6 is 0 Å². The van der Waals surface area contributed by atoms with E-state index >= 15 is 0 Å². The summed E-state index contributed by atoms with van der Waals surface area (Å²) < 4.78 is 38.2. The monoisotopic (exact) mass is 554 g/mol. The third kappa shape index (κ3) is 8.57. The van der Waals surface area contributed by atoms with E-state index in [1.807, 2.05) is 121 Å². The minimum Gasteiger partial charge on any atom is -0.374 e. The minimum absolute atomic E-state index is 0.310. The zero-order valence-electron chi connectivity index (χ0n) is 23.4. The molecule has 5 atom stereocenters. The molecule has 0 unspecified atom stereocenters. The molecule has 6 nitrogen and oxygen atoms in total. The highest BCUT2D eigenvalue weighted by atomic mass is 16.7. The number of hydrogen-bond donors (Lipinski definition) is 0. The van der Waals surface area contributed by atoms with Crippen molar-refractivity contribution in [3.63, 3.8) is 0 Å². The number of hydrogen-bond acceptors (Lipinski definition) is 6. The van der Waals surface area contributed by atoms with E-state index in [9.17, 15) is 0 Å². The van der Waals surface area contributed by atoms with Crippen LogP contribution in [-0.2, 0) is 54.8 Å². The first-order valence-corrected chi connectivity index (χ1v) is 14.1. The van der Waals surface area contributed by atoms with Crippen LogP contribution in [0.25, 0.3) is 0 Å². The maximum Gasteiger partial charge on any atom is 0.186 e. The van der Waals surface area contributed by atoms with E-state index < -0.39 is 30.7 Å². The number of benzene rings is 4. The zero-order valence-corrected chi connectivity index (χ0v) is 23.4. The highest BCUT2D eigenvalue weighted by Crippen LogP contribution is 2.31. The molecule has 6 heteroatoms.